The summed E-state index contributed by atoms with van der Waals surface area (Å²) in [6.45, 7) is 0.0994. The second-order valence-corrected chi connectivity index (χ2v) is 6.62. The second kappa shape index (κ2) is 7.08. The summed E-state index contributed by atoms with van der Waals surface area (Å²) < 4.78 is 51.9. The number of alkyl halides is 3. The summed E-state index contributed by atoms with van der Waals surface area (Å²) >= 11 is 6.79. The maximum Gasteiger partial charge on any atom is 0.435 e. The topological polar surface area (TPSA) is 46.9 Å². The smallest absolute Gasteiger partial charge is 0.321 e. The summed E-state index contributed by atoms with van der Waals surface area (Å²) in [7, 11) is 0. The lowest BCUT2D eigenvalue weighted by Gasteiger charge is -2.04. The van der Waals surface area contributed by atoms with E-state index in [0.717, 1.165) is 28.2 Å². The van der Waals surface area contributed by atoms with Gasteiger partial charge in [0.05, 0.1) is 16.4 Å². The Hall–Kier alpha value is -2.39. The molecule has 4 nitrogen and oxygen atoms in total. The van der Waals surface area contributed by atoms with E-state index in [0.29, 0.717) is 16.1 Å². The minimum atomic E-state index is -4.50. The molecule has 3 aromatic rings. The molecule has 1 amide bonds. The fraction of sp³-hybridized carbons (Fsp3) is 0.125. The molecule has 0 aliphatic rings. The van der Waals surface area contributed by atoms with Gasteiger partial charge in [-0.2, -0.15) is 18.3 Å². The van der Waals surface area contributed by atoms with Crippen LogP contribution in [0, 0.1) is 5.82 Å². The van der Waals surface area contributed by atoms with Gasteiger partial charge in [-0.05, 0) is 41.3 Å². The van der Waals surface area contributed by atoms with Gasteiger partial charge in [-0.15, -0.1) is 11.3 Å². The Balaban J connectivity index is 1.68. The molecule has 0 aliphatic carbocycles. The molecule has 2 heterocycles. The van der Waals surface area contributed by atoms with E-state index in [1.54, 1.807) is 11.4 Å². The Bertz CT molecular complexity index is 951. The number of anilines is 1. The van der Waals surface area contributed by atoms with Crippen LogP contribution in [0.1, 0.15) is 20.9 Å². The largest absolute Gasteiger partial charge is 0.435 e. The Morgan fingerprint density at radius 3 is 2.69 bits per heavy atom. The predicted molar refractivity (Wildman–Crippen MR) is 90.0 cm³/mol. The van der Waals surface area contributed by atoms with E-state index in [2.05, 4.69) is 10.4 Å². The molecule has 0 unspecified atom stereocenters. The van der Waals surface area contributed by atoms with Gasteiger partial charge in [0.15, 0.2) is 5.69 Å². The van der Waals surface area contributed by atoms with Crippen molar-refractivity contribution in [1.29, 1.82) is 0 Å². The van der Waals surface area contributed by atoms with Crippen molar-refractivity contribution in [2.75, 3.05) is 5.32 Å². The number of halogens is 5. The van der Waals surface area contributed by atoms with Gasteiger partial charge in [0.25, 0.3) is 5.91 Å². The van der Waals surface area contributed by atoms with Crippen molar-refractivity contribution in [3.63, 3.8) is 0 Å². The molecule has 1 N–H and O–H groups in total. The SMILES string of the molecule is O=C(Nc1ccc(F)c(Cl)c1)c1cc(Cn2ccc(C(F)(F)F)n2)cs1. The Labute approximate surface area is 154 Å². The maximum atomic E-state index is 13.1. The molecule has 0 radical (unpaired) electrons. The summed E-state index contributed by atoms with van der Waals surface area (Å²) in [5.74, 6) is -1.03. The predicted octanol–water partition coefficient (Wildman–Crippen LogP) is 5.06. The number of thiophene rings is 1. The van der Waals surface area contributed by atoms with Gasteiger partial charge < -0.3 is 5.32 Å². The molecule has 1 aromatic carbocycles. The van der Waals surface area contributed by atoms with Gasteiger partial charge in [0, 0.05) is 11.9 Å². The summed E-state index contributed by atoms with van der Waals surface area (Å²) in [4.78, 5) is 12.6. The quantitative estimate of drug-likeness (QED) is 0.619. The first-order chi connectivity index (χ1) is 12.2. The highest BCUT2D eigenvalue weighted by molar-refractivity contribution is 7.12. The maximum absolute atomic E-state index is 13.1. The van der Waals surface area contributed by atoms with Crippen molar-refractivity contribution in [2.45, 2.75) is 12.7 Å². The average Bonchev–Trinajstić information content (AvgIpc) is 3.20. The minimum Gasteiger partial charge on any atom is -0.321 e. The van der Waals surface area contributed by atoms with Gasteiger partial charge in [0.1, 0.15) is 5.82 Å². The van der Waals surface area contributed by atoms with Crippen molar-refractivity contribution in [3.05, 3.63) is 68.9 Å². The van der Waals surface area contributed by atoms with Gasteiger partial charge in [-0.3, -0.25) is 9.48 Å². The molecule has 10 heteroatoms. The monoisotopic (exact) mass is 403 g/mol. The zero-order valence-corrected chi connectivity index (χ0v) is 14.4. The fourth-order valence-corrected chi connectivity index (χ4v) is 3.11. The number of benzene rings is 1. The molecule has 136 valence electrons. The Morgan fingerprint density at radius 2 is 2.04 bits per heavy atom. The molecule has 0 fully saturated rings. The number of carbonyl (C=O) groups is 1. The van der Waals surface area contributed by atoms with E-state index in [-0.39, 0.29) is 11.6 Å². The van der Waals surface area contributed by atoms with Gasteiger partial charge in [-0.1, -0.05) is 11.6 Å². The van der Waals surface area contributed by atoms with Gasteiger partial charge in [-0.25, -0.2) is 4.39 Å². The lowest BCUT2D eigenvalue weighted by molar-refractivity contribution is -0.141. The molecule has 0 saturated carbocycles. The highest BCUT2D eigenvalue weighted by Crippen LogP contribution is 2.27. The number of amides is 1. The first-order valence-electron chi connectivity index (χ1n) is 7.17. The number of nitrogens with one attached hydrogen (secondary N) is 1. The van der Waals surface area contributed by atoms with Crippen LogP contribution < -0.4 is 5.32 Å². The van der Waals surface area contributed by atoms with E-state index >= 15 is 0 Å². The molecule has 0 aliphatic heterocycles. The van der Waals surface area contributed by atoms with Crippen molar-refractivity contribution in [3.8, 4) is 0 Å². The van der Waals surface area contributed by atoms with E-state index in [9.17, 15) is 22.4 Å². The molecule has 0 spiro atoms. The van der Waals surface area contributed by atoms with Crippen LogP contribution in [-0.4, -0.2) is 15.7 Å². The zero-order valence-electron chi connectivity index (χ0n) is 12.8. The van der Waals surface area contributed by atoms with Crippen LogP contribution in [0.4, 0.5) is 23.2 Å². The molecular formula is C16H10ClF4N3OS. The minimum absolute atomic E-state index is 0.0994. The molecule has 0 saturated heterocycles. The van der Waals surface area contributed by atoms with Crippen molar-refractivity contribution >= 4 is 34.5 Å². The Morgan fingerprint density at radius 1 is 1.27 bits per heavy atom. The van der Waals surface area contributed by atoms with Crippen molar-refractivity contribution in [1.82, 2.24) is 9.78 Å². The lowest BCUT2D eigenvalue weighted by Crippen LogP contribution is -2.10. The zero-order chi connectivity index (χ0) is 18.9. The third-order valence-corrected chi connectivity index (χ3v) is 4.60. The summed E-state index contributed by atoms with van der Waals surface area (Å²) in [5, 5.41) is 7.58. The number of hydrogen-bond donors (Lipinski definition) is 1. The number of hydrogen-bond acceptors (Lipinski definition) is 3. The molecule has 0 bridgehead atoms. The van der Waals surface area contributed by atoms with E-state index in [4.69, 9.17) is 11.6 Å². The van der Waals surface area contributed by atoms with Crippen molar-refractivity contribution < 1.29 is 22.4 Å². The fourth-order valence-electron chi connectivity index (χ4n) is 2.13. The van der Waals surface area contributed by atoms with Crippen LogP contribution in [-0.2, 0) is 12.7 Å². The highest BCUT2D eigenvalue weighted by atomic mass is 35.5. The van der Waals surface area contributed by atoms with E-state index in [1.807, 2.05) is 0 Å². The normalized spacial score (nSPS) is 11.6. The molecule has 3 rings (SSSR count). The molecule has 26 heavy (non-hydrogen) atoms. The summed E-state index contributed by atoms with van der Waals surface area (Å²) in [6.07, 6.45) is -3.28. The first kappa shape index (κ1) is 18.4. The third kappa shape index (κ3) is 4.23. The van der Waals surface area contributed by atoms with Gasteiger partial charge >= 0.3 is 6.18 Å². The standard InChI is InChI=1S/C16H10ClF4N3OS/c17-11-6-10(1-2-12(11)18)22-15(25)13-5-9(8-26-13)7-24-4-3-14(23-24)16(19,20)21/h1-6,8H,7H2,(H,22,25). The Kier molecular flexibility index (Phi) is 5.01. The molecule has 2 aromatic heterocycles. The van der Waals surface area contributed by atoms with Crippen LogP contribution in [0.5, 0.6) is 0 Å². The number of nitrogens with zero attached hydrogens (tertiary/aromatic N) is 2. The van der Waals surface area contributed by atoms with Crippen LogP contribution in [0.2, 0.25) is 5.02 Å². The van der Waals surface area contributed by atoms with E-state index in [1.165, 1.54) is 18.3 Å². The average molecular weight is 404 g/mol. The van der Waals surface area contributed by atoms with Crippen LogP contribution in [0.25, 0.3) is 0 Å². The third-order valence-electron chi connectivity index (χ3n) is 3.33. The van der Waals surface area contributed by atoms with Crippen LogP contribution in [0.3, 0.4) is 0 Å². The first-order valence-corrected chi connectivity index (χ1v) is 8.42. The summed E-state index contributed by atoms with van der Waals surface area (Å²) in [5.41, 5.74) is -0.00811. The van der Waals surface area contributed by atoms with Crippen LogP contribution >= 0.6 is 22.9 Å². The lowest BCUT2D eigenvalue weighted by atomic mass is 10.3. The summed E-state index contributed by atoms with van der Waals surface area (Å²) in [6, 6.07) is 6.23. The second-order valence-electron chi connectivity index (χ2n) is 5.30. The number of carbonyl (C=O) groups excluding carboxylic acids is 1. The van der Waals surface area contributed by atoms with Crippen LogP contribution in [0.15, 0.2) is 41.9 Å². The number of aromatic nitrogens is 2. The number of rotatable bonds is 4. The molecular weight excluding hydrogens is 394 g/mol. The van der Waals surface area contributed by atoms with Crippen molar-refractivity contribution in [2.24, 2.45) is 0 Å². The highest BCUT2D eigenvalue weighted by Gasteiger charge is 2.33. The molecule has 0 atom stereocenters. The van der Waals surface area contributed by atoms with E-state index < -0.39 is 23.6 Å². The van der Waals surface area contributed by atoms with Gasteiger partial charge in [0.2, 0.25) is 0 Å².